The minimum absolute atomic E-state index is 0.115. The molecule has 0 aromatic carbocycles. The fraction of sp³-hybridized carbons (Fsp3) is 0.636. The van der Waals surface area contributed by atoms with Crippen LogP contribution in [0.25, 0.3) is 0 Å². The molecule has 1 rings (SSSR count). The predicted octanol–water partition coefficient (Wildman–Crippen LogP) is 2.30. The molecular formula is C11H19N3. The quantitative estimate of drug-likeness (QED) is 0.780. The second-order valence-corrected chi connectivity index (χ2v) is 4.11. The van der Waals surface area contributed by atoms with Crippen molar-refractivity contribution in [1.82, 2.24) is 10.2 Å². The molecule has 0 saturated carbocycles. The highest BCUT2D eigenvalue weighted by Gasteiger charge is 2.05. The molecule has 1 heterocycles. The molecule has 1 atom stereocenters. The predicted molar refractivity (Wildman–Crippen MR) is 57.6 cm³/mol. The topological polar surface area (TPSA) is 51.8 Å². The average Bonchev–Trinajstić information content (AvgIpc) is 2.18. The van der Waals surface area contributed by atoms with Crippen LogP contribution in [-0.4, -0.2) is 10.2 Å². The number of nitrogens with zero attached hydrogens (tertiary/aromatic N) is 2. The van der Waals surface area contributed by atoms with E-state index >= 15 is 0 Å². The lowest BCUT2D eigenvalue weighted by Crippen LogP contribution is -2.10. The van der Waals surface area contributed by atoms with Gasteiger partial charge in [-0.05, 0) is 24.0 Å². The standard InChI is InChI=1S/C11H19N3/c1-9(2)4-3-5-11(12)10-6-7-13-14-8-10/h6-9,11H,3-5,12H2,1-2H3. The number of hydrogen-bond acceptors (Lipinski definition) is 3. The molecule has 0 radical (unpaired) electrons. The van der Waals surface area contributed by atoms with Gasteiger partial charge in [-0.2, -0.15) is 10.2 Å². The Hall–Kier alpha value is -0.960. The lowest BCUT2D eigenvalue weighted by molar-refractivity contribution is 0.504. The van der Waals surface area contributed by atoms with E-state index < -0.39 is 0 Å². The first-order chi connectivity index (χ1) is 6.70. The van der Waals surface area contributed by atoms with Crippen molar-refractivity contribution in [1.29, 1.82) is 0 Å². The summed E-state index contributed by atoms with van der Waals surface area (Å²) in [5.41, 5.74) is 7.10. The molecule has 1 unspecified atom stereocenters. The van der Waals surface area contributed by atoms with Crippen LogP contribution in [0.4, 0.5) is 0 Å². The van der Waals surface area contributed by atoms with Gasteiger partial charge in [0.15, 0.2) is 0 Å². The van der Waals surface area contributed by atoms with E-state index in [9.17, 15) is 0 Å². The summed E-state index contributed by atoms with van der Waals surface area (Å²) in [5.74, 6) is 0.762. The molecular weight excluding hydrogens is 174 g/mol. The maximum absolute atomic E-state index is 6.01. The van der Waals surface area contributed by atoms with Crippen molar-refractivity contribution < 1.29 is 0 Å². The van der Waals surface area contributed by atoms with E-state index in [1.54, 1.807) is 12.4 Å². The van der Waals surface area contributed by atoms with Gasteiger partial charge in [-0.1, -0.05) is 26.7 Å². The van der Waals surface area contributed by atoms with Crippen molar-refractivity contribution in [2.24, 2.45) is 11.7 Å². The Bertz CT molecular complexity index is 246. The molecule has 3 heteroatoms. The van der Waals surface area contributed by atoms with Crippen molar-refractivity contribution in [3.8, 4) is 0 Å². The lowest BCUT2D eigenvalue weighted by atomic mass is 10.0. The summed E-state index contributed by atoms with van der Waals surface area (Å²) in [4.78, 5) is 0. The summed E-state index contributed by atoms with van der Waals surface area (Å²) < 4.78 is 0. The number of aromatic nitrogens is 2. The van der Waals surface area contributed by atoms with Crippen molar-refractivity contribution in [3.63, 3.8) is 0 Å². The Labute approximate surface area is 85.7 Å². The van der Waals surface area contributed by atoms with Crippen LogP contribution in [0.15, 0.2) is 18.5 Å². The molecule has 1 aromatic heterocycles. The normalized spacial score (nSPS) is 13.1. The third-order valence-corrected chi connectivity index (χ3v) is 2.33. The third kappa shape index (κ3) is 3.83. The first-order valence-electron chi connectivity index (χ1n) is 5.22. The largest absolute Gasteiger partial charge is 0.324 e. The van der Waals surface area contributed by atoms with Crippen LogP contribution in [0.5, 0.6) is 0 Å². The molecule has 0 fully saturated rings. The van der Waals surface area contributed by atoms with Crippen molar-refractivity contribution in [3.05, 3.63) is 24.0 Å². The SMILES string of the molecule is CC(C)CCCC(N)c1ccnnc1. The summed E-state index contributed by atoms with van der Waals surface area (Å²) in [6.07, 6.45) is 6.90. The molecule has 0 aliphatic carbocycles. The van der Waals surface area contributed by atoms with Crippen molar-refractivity contribution in [2.75, 3.05) is 0 Å². The second-order valence-electron chi connectivity index (χ2n) is 4.11. The summed E-state index contributed by atoms with van der Waals surface area (Å²) in [6.45, 7) is 4.47. The lowest BCUT2D eigenvalue weighted by Gasteiger charge is -2.11. The van der Waals surface area contributed by atoms with Crippen LogP contribution in [0, 0.1) is 5.92 Å². The zero-order chi connectivity index (χ0) is 10.4. The molecule has 1 aromatic rings. The van der Waals surface area contributed by atoms with E-state index in [0.29, 0.717) is 0 Å². The van der Waals surface area contributed by atoms with Crippen LogP contribution in [-0.2, 0) is 0 Å². The molecule has 14 heavy (non-hydrogen) atoms. The van der Waals surface area contributed by atoms with E-state index in [2.05, 4.69) is 24.0 Å². The summed E-state index contributed by atoms with van der Waals surface area (Å²) in [5, 5.41) is 7.55. The maximum Gasteiger partial charge on any atom is 0.0543 e. The third-order valence-electron chi connectivity index (χ3n) is 2.33. The fourth-order valence-electron chi connectivity index (χ4n) is 1.43. The molecule has 0 bridgehead atoms. The number of nitrogens with two attached hydrogens (primary N) is 1. The second kappa shape index (κ2) is 5.70. The van der Waals surface area contributed by atoms with E-state index in [4.69, 9.17) is 5.73 Å². The highest BCUT2D eigenvalue weighted by Crippen LogP contribution is 2.16. The monoisotopic (exact) mass is 193 g/mol. The van der Waals surface area contributed by atoms with Gasteiger partial charge in [0.1, 0.15) is 0 Å². The minimum Gasteiger partial charge on any atom is -0.324 e. The van der Waals surface area contributed by atoms with Crippen LogP contribution in [0.2, 0.25) is 0 Å². The van der Waals surface area contributed by atoms with E-state index in [-0.39, 0.29) is 6.04 Å². The minimum atomic E-state index is 0.115. The van der Waals surface area contributed by atoms with E-state index in [1.165, 1.54) is 12.8 Å². The Kier molecular flexibility index (Phi) is 4.53. The molecule has 3 nitrogen and oxygen atoms in total. The maximum atomic E-state index is 6.01. The van der Waals surface area contributed by atoms with Crippen LogP contribution in [0.1, 0.15) is 44.7 Å². The van der Waals surface area contributed by atoms with Gasteiger partial charge in [-0.15, -0.1) is 0 Å². The number of rotatable bonds is 5. The average molecular weight is 193 g/mol. The van der Waals surface area contributed by atoms with Gasteiger partial charge in [-0.3, -0.25) is 0 Å². The highest BCUT2D eigenvalue weighted by molar-refractivity contribution is 5.10. The Morgan fingerprint density at radius 1 is 1.29 bits per heavy atom. The fourth-order valence-corrected chi connectivity index (χ4v) is 1.43. The summed E-state index contributed by atoms with van der Waals surface area (Å²) in [6, 6.07) is 2.05. The highest BCUT2D eigenvalue weighted by atomic mass is 15.1. The van der Waals surface area contributed by atoms with Gasteiger partial charge in [-0.25, -0.2) is 0 Å². The summed E-state index contributed by atoms with van der Waals surface area (Å²) in [7, 11) is 0. The Balaban J connectivity index is 2.32. The Morgan fingerprint density at radius 2 is 2.07 bits per heavy atom. The molecule has 78 valence electrons. The van der Waals surface area contributed by atoms with Gasteiger partial charge >= 0.3 is 0 Å². The van der Waals surface area contributed by atoms with Crippen molar-refractivity contribution >= 4 is 0 Å². The zero-order valence-electron chi connectivity index (χ0n) is 8.98. The van der Waals surface area contributed by atoms with Crippen LogP contribution >= 0.6 is 0 Å². The number of hydrogen-bond donors (Lipinski definition) is 1. The molecule has 0 aliphatic rings. The first kappa shape index (κ1) is 11.1. The van der Waals surface area contributed by atoms with Gasteiger partial charge in [0.05, 0.1) is 6.20 Å². The van der Waals surface area contributed by atoms with Gasteiger partial charge in [0, 0.05) is 12.2 Å². The smallest absolute Gasteiger partial charge is 0.0543 e. The molecule has 2 N–H and O–H groups in total. The van der Waals surface area contributed by atoms with Gasteiger partial charge in [0.25, 0.3) is 0 Å². The van der Waals surface area contributed by atoms with Crippen molar-refractivity contribution in [2.45, 2.75) is 39.2 Å². The molecule has 0 aliphatic heterocycles. The van der Waals surface area contributed by atoms with Crippen LogP contribution < -0.4 is 5.73 Å². The first-order valence-corrected chi connectivity index (χ1v) is 5.22. The van der Waals surface area contributed by atoms with E-state index in [0.717, 1.165) is 17.9 Å². The molecule has 0 spiro atoms. The van der Waals surface area contributed by atoms with Gasteiger partial charge < -0.3 is 5.73 Å². The molecule has 0 saturated heterocycles. The summed E-state index contributed by atoms with van der Waals surface area (Å²) >= 11 is 0. The zero-order valence-corrected chi connectivity index (χ0v) is 8.98. The Morgan fingerprint density at radius 3 is 2.64 bits per heavy atom. The molecule has 0 amide bonds. The van der Waals surface area contributed by atoms with Crippen LogP contribution in [0.3, 0.4) is 0 Å². The van der Waals surface area contributed by atoms with Gasteiger partial charge in [0.2, 0.25) is 0 Å². The van der Waals surface area contributed by atoms with E-state index in [1.807, 2.05) is 6.07 Å².